The van der Waals surface area contributed by atoms with E-state index in [4.69, 9.17) is 4.74 Å². The number of benzene rings is 2. The van der Waals surface area contributed by atoms with Gasteiger partial charge in [-0.1, -0.05) is 25.1 Å². The summed E-state index contributed by atoms with van der Waals surface area (Å²) in [5.41, 5.74) is 0.895. The van der Waals surface area contributed by atoms with Crippen molar-refractivity contribution in [2.24, 2.45) is 0 Å². The third kappa shape index (κ3) is 4.81. The maximum atomic E-state index is 13.1. The number of esters is 1. The minimum Gasteiger partial charge on any atom is -0.462 e. The Morgan fingerprint density at radius 3 is 2.61 bits per heavy atom. The van der Waals surface area contributed by atoms with Crippen molar-refractivity contribution in [1.29, 1.82) is 0 Å². The van der Waals surface area contributed by atoms with Gasteiger partial charge in [0.25, 0.3) is 0 Å². The lowest BCUT2D eigenvalue weighted by atomic mass is 10.2. The minimum absolute atomic E-state index is 0.260. The van der Waals surface area contributed by atoms with E-state index in [-0.39, 0.29) is 5.56 Å². The van der Waals surface area contributed by atoms with Crippen LogP contribution >= 0.6 is 0 Å². The maximum absolute atomic E-state index is 13.1. The molecule has 0 aliphatic heterocycles. The monoisotopic (exact) mass is 316 g/mol. The summed E-state index contributed by atoms with van der Waals surface area (Å²) in [7, 11) is 0. The van der Waals surface area contributed by atoms with E-state index in [0.29, 0.717) is 24.4 Å². The molecular formula is C17H17FN2O3. The van der Waals surface area contributed by atoms with Crippen LogP contribution in [0.5, 0.6) is 0 Å². The number of hydrogen-bond acceptors (Lipinski definition) is 3. The second kappa shape index (κ2) is 7.93. The van der Waals surface area contributed by atoms with Gasteiger partial charge in [-0.25, -0.2) is 14.0 Å². The summed E-state index contributed by atoms with van der Waals surface area (Å²) in [5, 5.41) is 5.06. The molecule has 0 radical (unpaired) electrons. The quantitative estimate of drug-likeness (QED) is 0.818. The summed E-state index contributed by atoms with van der Waals surface area (Å²) >= 11 is 0. The Labute approximate surface area is 133 Å². The Balaban J connectivity index is 2.07. The number of ether oxygens (including phenoxy) is 1. The largest absolute Gasteiger partial charge is 0.462 e. The second-order valence-corrected chi connectivity index (χ2v) is 4.77. The van der Waals surface area contributed by atoms with Gasteiger partial charge in [-0.05, 0) is 36.8 Å². The summed E-state index contributed by atoms with van der Waals surface area (Å²) in [6, 6.07) is 11.5. The van der Waals surface area contributed by atoms with E-state index in [1.807, 2.05) is 6.92 Å². The van der Waals surface area contributed by atoms with E-state index in [9.17, 15) is 14.0 Å². The van der Waals surface area contributed by atoms with Crippen LogP contribution in [0.25, 0.3) is 0 Å². The van der Waals surface area contributed by atoms with Gasteiger partial charge in [0.15, 0.2) is 0 Å². The van der Waals surface area contributed by atoms with Crippen molar-refractivity contribution >= 4 is 23.4 Å². The van der Waals surface area contributed by atoms with Crippen LogP contribution in [0.4, 0.5) is 20.6 Å². The third-order valence-corrected chi connectivity index (χ3v) is 2.91. The first-order valence-corrected chi connectivity index (χ1v) is 7.20. The Bertz CT molecular complexity index is 704. The average Bonchev–Trinajstić information content (AvgIpc) is 2.53. The number of urea groups is 1. The van der Waals surface area contributed by atoms with Crippen LogP contribution in [0, 0.1) is 5.82 Å². The predicted molar refractivity (Wildman–Crippen MR) is 86.1 cm³/mol. The smallest absolute Gasteiger partial charge is 0.340 e. The highest BCUT2D eigenvalue weighted by atomic mass is 19.1. The first kappa shape index (κ1) is 16.5. The van der Waals surface area contributed by atoms with Crippen molar-refractivity contribution in [2.75, 3.05) is 17.2 Å². The van der Waals surface area contributed by atoms with Gasteiger partial charge in [-0.3, -0.25) is 0 Å². The number of carbonyl (C=O) groups is 2. The van der Waals surface area contributed by atoms with Gasteiger partial charge in [-0.15, -0.1) is 0 Å². The molecule has 0 atom stereocenters. The Hall–Kier alpha value is -2.89. The Morgan fingerprint density at radius 1 is 1.09 bits per heavy atom. The zero-order valence-corrected chi connectivity index (χ0v) is 12.6. The van der Waals surface area contributed by atoms with Gasteiger partial charge in [0.05, 0.1) is 17.9 Å². The van der Waals surface area contributed by atoms with Crippen LogP contribution in [0.2, 0.25) is 0 Å². The first-order valence-electron chi connectivity index (χ1n) is 7.20. The van der Waals surface area contributed by atoms with E-state index >= 15 is 0 Å². The lowest BCUT2D eigenvalue weighted by Gasteiger charge is -2.11. The molecule has 2 aromatic carbocycles. The van der Waals surface area contributed by atoms with Gasteiger partial charge in [-0.2, -0.15) is 0 Å². The number of rotatable bonds is 5. The lowest BCUT2D eigenvalue weighted by Crippen LogP contribution is -2.21. The van der Waals surface area contributed by atoms with E-state index in [1.54, 1.807) is 30.3 Å². The summed E-state index contributed by atoms with van der Waals surface area (Å²) in [6.45, 7) is 2.20. The highest BCUT2D eigenvalue weighted by molar-refractivity contribution is 6.05. The standard InChI is InChI=1S/C17H17FN2O3/c1-2-10-23-16(21)14-8-3-4-9-15(14)20-17(22)19-13-7-5-6-12(18)11-13/h3-9,11H,2,10H2,1H3,(H2,19,20,22). The average molecular weight is 316 g/mol. The highest BCUT2D eigenvalue weighted by Gasteiger charge is 2.14. The molecule has 0 saturated heterocycles. The van der Waals surface area contributed by atoms with Gasteiger partial charge < -0.3 is 15.4 Å². The van der Waals surface area contributed by atoms with Gasteiger partial charge >= 0.3 is 12.0 Å². The number of hydrogen-bond donors (Lipinski definition) is 2. The van der Waals surface area contributed by atoms with Crippen molar-refractivity contribution in [2.45, 2.75) is 13.3 Å². The predicted octanol–water partition coefficient (Wildman–Crippen LogP) is 4.04. The molecule has 0 bridgehead atoms. The fourth-order valence-electron chi connectivity index (χ4n) is 1.89. The minimum atomic E-state index is -0.577. The highest BCUT2D eigenvalue weighted by Crippen LogP contribution is 2.17. The normalized spacial score (nSPS) is 10.0. The van der Waals surface area contributed by atoms with Crippen molar-refractivity contribution in [3.63, 3.8) is 0 Å². The molecule has 0 aliphatic carbocycles. The molecule has 0 aromatic heterocycles. The molecule has 2 amide bonds. The summed E-state index contributed by atoms with van der Waals surface area (Å²) in [4.78, 5) is 24.0. The fourth-order valence-corrected chi connectivity index (χ4v) is 1.89. The van der Waals surface area contributed by atoms with Crippen LogP contribution in [-0.4, -0.2) is 18.6 Å². The molecule has 2 N–H and O–H groups in total. The second-order valence-electron chi connectivity index (χ2n) is 4.77. The van der Waals surface area contributed by atoms with E-state index in [0.717, 1.165) is 0 Å². The van der Waals surface area contributed by atoms with Crippen LogP contribution in [0.1, 0.15) is 23.7 Å². The van der Waals surface area contributed by atoms with Gasteiger partial charge in [0.2, 0.25) is 0 Å². The van der Waals surface area contributed by atoms with Crippen molar-refractivity contribution in [3.05, 3.63) is 59.9 Å². The SMILES string of the molecule is CCCOC(=O)c1ccccc1NC(=O)Nc1cccc(F)c1. The zero-order chi connectivity index (χ0) is 16.7. The molecule has 0 aliphatic rings. The zero-order valence-electron chi connectivity index (χ0n) is 12.6. The first-order chi connectivity index (χ1) is 11.1. The molecule has 0 saturated carbocycles. The molecule has 0 heterocycles. The lowest BCUT2D eigenvalue weighted by molar-refractivity contribution is 0.0506. The van der Waals surface area contributed by atoms with E-state index < -0.39 is 17.8 Å². The molecule has 2 rings (SSSR count). The van der Waals surface area contributed by atoms with Crippen molar-refractivity contribution in [1.82, 2.24) is 0 Å². The molecule has 6 heteroatoms. The number of carbonyl (C=O) groups excluding carboxylic acids is 2. The maximum Gasteiger partial charge on any atom is 0.340 e. The molecular weight excluding hydrogens is 299 g/mol. The van der Waals surface area contributed by atoms with E-state index in [2.05, 4.69) is 10.6 Å². The van der Waals surface area contributed by atoms with Crippen LogP contribution in [0.3, 0.4) is 0 Å². The number of amides is 2. The van der Waals surface area contributed by atoms with Crippen LogP contribution in [-0.2, 0) is 4.74 Å². The molecule has 120 valence electrons. The summed E-state index contributed by atoms with van der Waals surface area (Å²) in [6.07, 6.45) is 0.710. The topological polar surface area (TPSA) is 67.4 Å². The summed E-state index contributed by atoms with van der Waals surface area (Å²) < 4.78 is 18.2. The fraction of sp³-hybridized carbons (Fsp3) is 0.176. The summed E-state index contributed by atoms with van der Waals surface area (Å²) in [5.74, 6) is -0.958. The molecule has 0 fully saturated rings. The number of anilines is 2. The molecule has 23 heavy (non-hydrogen) atoms. The van der Waals surface area contributed by atoms with Crippen molar-refractivity contribution in [3.8, 4) is 0 Å². The van der Waals surface area contributed by atoms with Gasteiger partial charge in [0.1, 0.15) is 5.82 Å². The molecule has 0 spiro atoms. The Morgan fingerprint density at radius 2 is 1.87 bits per heavy atom. The number of para-hydroxylation sites is 1. The number of halogens is 1. The number of nitrogens with one attached hydrogen (secondary N) is 2. The molecule has 5 nitrogen and oxygen atoms in total. The van der Waals surface area contributed by atoms with Gasteiger partial charge in [0, 0.05) is 5.69 Å². The Kier molecular flexibility index (Phi) is 5.68. The van der Waals surface area contributed by atoms with Crippen molar-refractivity contribution < 1.29 is 18.7 Å². The van der Waals surface area contributed by atoms with E-state index in [1.165, 1.54) is 18.2 Å². The van der Waals surface area contributed by atoms with Crippen LogP contribution < -0.4 is 10.6 Å². The third-order valence-electron chi connectivity index (χ3n) is 2.91. The van der Waals surface area contributed by atoms with Crippen LogP contribution in [0.15, 0.2) is 48.5 Å². The molecule has 0 unspecified atom stereocenters. The molecule has 2 aromatic rings.